The van der Waals surface area contributed by atoms with E-state index in [-0.39, 0.29) is 0 Å². The van der Waals surface area contributed by atoms with Gasteiger partial charge in [-0.25, -0.2) is 0 Å². The molecule has 0 aliphatic rings. The third-order valence-electron chi connectivity index (χ3n) is 2.90. The molecule has 3 heteroatoms. The van der Waals surface area contributed by atoms with Gasteiger partial charge in [0.15, 0.2) is 0 Å². The van der Waals surface area contributed by atoms with E-state index in [9.17, 15) is 0 Å². The van der Waals surface area contributed by atoms with Gasteiger partial charge in [0.25, 0.3) is 0 Å². The molecule has 0 aromatic heterocycles. The number of nitrogens with zero attached hydrogens (tertiary/aromatic N) is 3. The van der Waals surface area contributed by atoms with Crippen molar-refractivity contribution in [2.45, 2.75) is 6.92 Å². The molecular weight excluding hydrogens is 210 g/mol. The normalized spacial score (nSPS) is 9.88. The van der Waals surface area contributed by atoms with Crippen LogP contribution in [0, 0.1) is 0 Å². The van der Waals surface area contributed by atoms with Crippen LogP contribution in [0.15, 0.2) is 29.8 Å². The smallest absolute Gasteiger partial charge is 0.0856 e. The zero-order valence-corrected chi connectivity index (χ0v) is 11.2. The molecule has 1 rings (SSSR count). The van der Waals surface area contributed by atoms with Gasteiger partial charge in [0.05, 0.1) is 11.4 Å². The van der Waals surface area contributed by atoms with Gasteiger partial charge in [-0.15, -0.1) is 0 Å². The largest absolute Gasteiger partial charge is 0.378 e. The fraction of sp³-hybridized carbons (Fsp3) is 0.357. The lowest BCUT2D eigenvalue weighted by Crippen LogP contribution is -2.16. The van der Waals surface area contributed by atoms with Crippen LogP contribution in [0.3, 0.4) is 0 Å². The molecule has 0 spiro atoms. The van der Waals surface area contributed by atoms with E-state index in [0.29, 0.717) is 0 Å². The van der Waals surface area contributed by atoms with Gasteiger partial charge in [0, 0.05) is 33.4 Å². The second kappa shape index (κ2) is 5.53. The van der Waals surface area contributed by atoms with Crippen LogP contribution in [0.4, 0.5) is 11.4 Å². The summed E-state index contributed by atoms with van der Waals surface area (Å²) in [7, 11) is 6.03. The van der Waals surface area contributed by atoms with Crippen LogP contribution in [-0.4, -0.2) is 39.3 Å². The summed E-state index contributed by atoms with van der Waals surface area (Å²) in [6.07, 6.45) is 0. The summed E-state index contributed by atoms with van der Waals surface area (Å²) in [6.45, 7) is 10.7. The Labute approximate surface area is 104 Å². The summed E-state index contributed by atoms with van der Waals surface area (Å²) in [6, 6.07) is 6.12. The highest BCUT2D eigenvalue weighted by molar-refractivity contribution is 5.75. The average molecular weight is 231 g/mol. The van der Waals surface area contributed by atoms with Crippen molar-refractivity contribution in [2.24, 2.45) is 4.99 Å². The molecule has 0 aliphatic heterocycles. The van der Waals surface area contributed by atoms with Crippen LogP contribution in [0.2, 0.25) is 0 Å². The minimum atomic E-state index is 0.907. The Bertz CT molecular complexity index is 421. The van der Waals surface area contributed by atoms with Crippen LogP contribution in [0.1, 0.15) is 12.5 Å². The maximum atomic E-state index is 4.07. The van der Waals surface area contributed by atoms with Crippen molar-refractivity contribution in [3.63, 3.8) is 0 Å². The number of hydrogen-bond acceptors (Lipinski definition) is 3. The van der Waals surface area contributed by atoms with Gasteiger partial charge in [-0.3, -0.25) is 4.99 Å². The monoisotopic (exact) mass is 231 g/mol. The standard InChI is InChI=1S/C14H21N3/c1-7-17(6)14-10-12(11(2)16(4)5)8-9-13(14)15-3/h8-10H,2-3,7H2,1,4-6H3. The molecule has 0 amide bonds. The predicted molar refractivity (Wildman–Crippen MR) is 77.3 cm³/mol. The fourth-order valence-corrected chi connectivity index (χ4v) is 1.57. The molecule has 17 heavy (non-hydrogen) atoms. The van der Waals surface area contributed by atoms with Crippen molar-refractivity contribution in [3.05, 3.63) is 30.3 Å². The first-order chi connectivity index (χ1) is 8.01. The number of anilines is 1. The van der Waals surface area contributed by atoms with Gasteiger partial charge in [0.1, 0.15) is 0 Å². The molecule has 0 bridgehead atoms. The second-order valence-electron chi connectivity index (χ2n) is 4.22. The molecule has 0 atom stereocenters. The Kier molecular flexibility index (Phi) is 4.32. The van der Waals surface area contributed by atoms with Gasteiger partial charge in [-0.05, 0) is 31.3 Å². The number of rotatable bonds is 5. The van der Waals surface area contributed by atoms with Gasteiger partial charge in [-0.2, -0.15) is 0 Å². The molecule has 0 fully saturated rings. The molecule has 0 N–H and O–H groups in total. The van der Waals surface area contributed by atoms with E-state index in [0.717, 1.165) is 29.2 Å². The summed E-state index contributed by atoms with van der Waals surface area (Å²) in [4.78, 5) is 8.21. The highest BCUT2D eigenvalue weighted by Crippen LogP contribution is 2.31. The van der Waals surface area contributed by atoms with Crippen molar-refractivity contribution in [1.29, 1.82) is 0 Å². The molecular formula is C14H21N3. The lowest BCUT2D eigenvalue weighted by Gasteiger charge is -2.22. The summed E-state index contributed by atoms with van der Waals surface area (Å²) in [5, 5.41) is 0. The van der Waals surface area contributed by atoms with Crippen LogP contribution in [0.25, 0.3) is 5.70 Å². The Hall–Kier alpha value is -1.77. The van der Waals surface area contributed by atoms with Crippen molar-refractivity contribution in [1.82, 2.24) is 4.90 Å². The van der Waals surface area contributed by atoms with E-state index in [1.807, 2.05) is 38.2 Å². The van der Waals surface area contributed by atoms with Gasteiger partial charge >= 0.3 is 0 Å². The molecule has 0 aliphatic carbocycles. The predicted octanol–water partition coefficient (Wildman–Crippen LogP) is 3.01. The molecule has 0 radical (unpaired) electrons. The van der Waals surface area contributed by atoms with E-state index in [2.05, 4.69) is 36.2 Å². The maximum Gasteiger partial charge on any atom is 0.0856 e. The van der Waals surface area contributed by atoms with Crippen LogP contribution >= 0.6 is 0 Å². The van der Waals surface area contributed by atoms with Crippen LogP contribution in [-0.2, 0) is 0 Å². The Morgan fingerprint density at radius 2 is 1.94 bits per heavy atom. The summed E-state index contributed by atoms with van der Waals surface area (Å²) in [5.41, 5.74) is 4.09. The first-order valence-electron chi connectivity index (χ1n) is 5.69. The van der Waals surface area contributed by atoms with Crippen molar-refractivity contribution in [2.75, 3.05) is 32.6 Å². The Balaban J connectivity index is 3.22. The van der Waals surface area contributed by atoms with E-state index < -0.39 is 0 Å². The van der Waals surface area contributed by atoms with Gasteiger partial charge < -0.3 is 9.80 Å². The van der Waals surface area contributed by atoms with Gasteiger partial charge in [0.2, 0.25) is 0 Å². The molecule has 92 valence electrons. The molecule has 1 aromatic carbocycles. The first kappa shape index (κ1) is 13.3. The van der Waals surface area contributed by atoms with Crippen molar-refractivity contribution < 1.29 is 0 Å². The molecule has 0 unspecified atom stereocenters. The maximum absolute atomic E-state index is 4.07. The van der Waals surface area contributed by atoms with E-state index in [4.69, 9.17) is 0 Å². The van der Waals surface area contributed by atoms with Gasteiger partial charge in [-0.1, -0.05) is 12.6 Å². The summed E-state index contributed by atoms with van der Waals surface area (Å²) in [5.74, 6) is 0. The van der Waals surface area contributed by atoms with E-state index >= 15 is 0 Å². The zero-order valence-electron chi connectivity index (χ0n) is 11.2. The zero-order chi connectivity index (χ0) is 13.0. The highest BCUT2D eigenvalue weighted by atomic mass is 15.1. The van der Waals surface area contributed by atoms with Crippen molar-refractivity contribution in [3.8, 4) is 0 Å². The minimum Gasteiger partial charge on any atom is -0.378 e. The minimum absolute atomic E-state index is 0.907. The Morgan fingerprint density at radius 3 is 2.41 bits per heavy atom. The van der Waals surface area contributed by atoms with Crippen LogP contribution in [0.5, 0.6) is 0 Å². The quantitative estimate of drug-likeness (QED) is 0.725. The molecule has 0 saturated carbocycles. The lowest BCUT2D eigenvalue weighted by atomic mass is 10.1. The molecule has 0 saturated heterocycles. The third kappa shape index (κ3) is 2.87. The number of aliphatic imine (C=N–C) groups is 1. The summed E-state index contributed by atoms with van der Waals surface area (Å²) < 4.78 is 0. The topological polar surface area (TPSA) is 18.8 Å². The number of benzene rings is 1. The Morgan fingerprint density at radius 1 is 1.29 bits per heavy atom. The lowest BCUT2D eigenvalue weighted by molar-refractivity contribution is 0.593. The molecule has 1 aromatic rings. The van der Waals surface area contributed by atoms with Crippen molar-refractivity contribution >= 4 is 23.8 Å². The summed E-state index contributed by atoms with van der Waals surface area (Å²) >= 11 is 0. The first-order valence-corrected chi connectivity index (χ1v) is 5.69. The SMILES string of the molecule is C=Nc1ccc(C(=C)N(C)C)cc1N(C)CC. The van der Waals surface area contributed by atoms with E-state index in [1.165, 1.54) is 0 Å². The highest BCUT2D eigenvalue weighted by Gasteiger charge is 2.08. The average Bonchev–Trinajstić information content (AvgIpc) is 2.35. The molecule has 3 nitrogen and oxygen atoms in total. The number of hydrogen-bond donors (Lipinski definition) is 0. The second-order valence-corrected chi connectivity index (χ2v) is 4.22. The molecule has 0 heterocycles. The third-order valence-corrected chi connectivity index (χ3v) is 2.90. The van der Waals surface area contributed by atoms with Crippen LogP contribution < -0.4 is 4.90 Å². The fourth-order valence-electron chi connectivity index (χ4n) is 1.57. The van der Waals surface area contributed by atoms with E-state index in [1.54, 1.807) is 0 Å².